The number of carbonyl (C=O) groups is 1. The van der Waals surface area contributed by atoms with Crippen LogP contribution in [0.5, 0.6) is 0 Å². The average molecular weight is 148 g/mol. The average Bonchev–Trinajstić information content (AvgIpc) is 1.94. The van der Waals surface area contributed by atoms with E-state index in [1.807, 2.05) is 6.08 Å². The Bertz CT molecular complexity index is 254. The molecule has 58 valence electrons. The van der Waals surface area contributed by atoms with Crippen LogP contribution in [0.1, 0.15) is 13.8 Å². The fourth-order valence-electron chi connectivity index (χ4n) is 0.930. The van der Waals surface area contributed by atoms with Gasteiger partial charge in [-0.1, -0.05) is 32.6 Å². The Morgan fingerprint density at radius 1 is 1.36 bits per heavy atom. The van der Waals surface area contributed by atoms with Crippen LogP contribution in [0, 0.1) is 5.92 Å². The molecule has 0 N–H and O–H groups in total. The third-order valence-corrected chi connectivity index (χ3v) is 1.76. The summed E-state index contributed by atoms with van der Waals surface area (Å²) in [6.45, 7) is 7.74. The van der Waals surface area contributed by atoms with Gasteiger partial charge in [-0.2, -0.15) is 0 Å². The molecule has 0 amide bonds. The second kappa shape index (κ2) is 2.87. The van der Waals surface area contributed by atoms with Crippen LogP contribution in [0.3, 0.4) is 0 Å². The maximum atomic E-state index is 11.1. The highest BCUT2D eigenvalue weighted by molar-refractivity contribution is 6.07. The van der Waals surface area contributed by atoms with Gasteiger partial charge >= 0.3 is 0 Å². The molecule has 0 aromatic carbocycles. The molecular weight excluding hydrogens is 136 g/mol. The van der Waals surface area contributed by atoms with E-state index in [2.05, 4.69) is 20.4 Å². The first-order chi connectivity index (χ1) is 5.11. The number of allylic oxidation sites excluding steroid dienone is 5. The highest BCUT2D eigenvalue weighted by Crippen LogP contribution is 2.17. The van der Waals surface area contributed by atoms with Crippen molar-refractivity contribution in [3.05, 3.63) is 36.0 Å². The molecule has 0 saturated heterocycles. The van der Waals surface area contributed by atoms with Gasteiger partial charge in [0.25, 0.3) is 0 Å². The van der Waals surface area contributed by atoms with Gasteiger partial charge in [-0.15, -0.1) is 0 Å². The molecule has 0 radical (unpaired) electrons. The Balaban J connectivity index is 2.89. The lowest BCUT2D eigenvalue weighted by atomic mass is 9.95. The van der Waals surface area contributed by atoms with Gasteiger partial charge in [-0.3, -0.25) is 4.79 Å². The summed E-state index contributed by atoms with van der Waals surface area (Å²) in [5, 5.41) is 0. The smallest absolute Gasteiger partial charge is 0.185 e. The summed E-state index contributed by atoms with van der Waals surface area (Å²) < 4.78 is 0. The summed E-state index contributed by atoms with van der Waals surface area (Å²) in [5.41, 5.74) is 1.66. The molecule has 0 aromatic rings. The first-order valence-electron chi connectivity index (χ1n) is 3.74. The van der Waals surface area contributed by atoms with Crippen LogP contribution in [0.4, 0.5) is 0 Å². The van der Waals surface area contributed by atoms with Gasteiger partial charge in [0.2, 0.25) is 0 Å². The van der Waals surface area contributed by atoms with E-state index in [4.69, 9.17) is 0 Å². The van der Waals surface area contributed by atoms with Crippen LogP contribution in [0.15, 0.2) is 36.0 Å². The highest BCUT2D eigenvalue weighted by atomic mass is 16.1. The van der Waals surface area contributed by atoms with E-state index in [9.17, 15) is 4.79 Å². The predicted molar refractivity (Wildman–Crippen MR) is 46.2 cm³/mol. The summed E-state index contributed by atoms with van der Waals surface area (Å²) in [7, 11) is 0. The quantitative estimate of drug-likeness (QED) is 0.521. The number of carbonyl (C=O) groups excluding carboxylic acids is 1. The van der Waals surface area contributed by atoms with Crippen molar-refractivity contribution in [1.82, 2.24) is 0 Å². The number of hydrogen-bond donors (Lipinski definition) is 0. The van der Waals surface area contributed by atoms with E-state index in [1.165, 1.54) is 0 Å². The maximum Gasteiger partial charge on any atom is 0.185 e. The Morgan fingerprint density at radius 2 is 2.00 bits per heavy atom. The van der Waals surface area contributed by atoms with E-state index in [0.717, 1.165) is 5.57 Å². The Morgan fingerprint density at radius 3 is 2.45 bits per heavy atom. The molecule has 11 heavy (non-hydrogen) atoms. The van der Waals surface area contributed by atoms with E-state index in [0.29, 0.717) is 11.5 Å². The number of hydrogen-bond acceptors (Lipinski definition) is 1. The van der Waals surface area contributed by atoms with Gasteiger partial charge in [0.1, 0.15) is 0 Å². The lowest BCUT2D eigenvalue weighted by Crippen LogP contribution is -2.04. The zero-order chi connectivity index (χ0) is 8.43. The zero-order valence-electron chi connectivity index (χ0n) is 6.92. The monoisotopic (exact) mass is 148 g/mol. The van der Waals surface area contributed by atoms with E-state index in [1.54, 1.807) is 12.2 Å². The fourth-order valence-corrected chi connectivity index (χ4v) is 0.930. The molecule has 0 fully saturated rings. The lowest BCUT2D eigenvalue weighted by molar-refractivity contribution is -0.111. The van der Waals surface area contributed by atoms with Crippen molar-refractivity contribution in [2.45, 2.75) is 13.8 Å². The van der Waals surface area contributed by atoms with Crippen LogP contribution in [-0.4, -0.2) is 5.78 Å². The molecule has 0 atom stereocenters. The van der Waals surface area contributed by atoms with Crippen molar-refractivity contribution in [1.29, 1.82) is 0 Å². The molecule has 0 bridgehead atoms. The van der Waals surface area contributed by atoms with Crippen molar-refractivity contribution in [2.75, 3.05) is 0 Å². The maximum absolute atomic E-state index is 11.1. The summed E-state index contributed by atoms with van der Waals surface area (Å²) in [4.78, 5) is 11.1. The highest BCUT2D eigenvalue weighted by Gasteiger charge is 2.09. The lowest BCUT2D eigenvalue weighted by Gasteiger charge is -2.09. The minimum atomic E-state index is 0.0381. The molecule has 0 heterocycles. The van der Waals surface area contributed by atoms with Gasteiger partial charge < -0.3 is 0 Å². The largest absolute Gasteiger partial charge is 0.289 e. The van der Waals surface area contributed by atoms with Gasteiger partial charge in [0.15, 0.2) is 5.78 Å². The van der Waals surface area contributed by atoms with Gasteiger partial charge in [-0.05, 0) is 17.6 Å². The standard InChI is InChI=1S/C10H12O/c1-7(2)9-5-4-8(3)10(11)6-9/h4-7H,3H2,1-2H3. The third kappa shape index (κ3) is 1.67. The topological polar surface area (TPSA) is 17.1 Å². The van der Waals surface area contributed by atoms with Crippen LogP contribution in [-0.2, 0) is 4.79 Å². The Labute approximate surface area is 67.1 Å². The third-order valence-electron chi connectivity index (χ3n) is 1.76. The molecule has 0 spiro atoms. The molecule has 1 heteroatoms. The zero-order valence-corrected chi connectivity index (χ0v) is 6.92. The summed E-state index contributed by atoms with van der Waals surface area (Å²) in [5.74, 6) is 0.458. The van der Waals surface area contributed by atoms with Crippen LogP contribution < -0.4 is 0 Å². The summed E-state index contributed by atoms with van der Waals surface area (Å²) >= 11 is 0. The Hall–Kier alpha value is -1.11. The molecule has 0 aromatic heterocycles. The molecule has 1 aliphatic carbocycles. The van der Waals surface area contributed by atoms with Gasteiger partial charge in [0, 0.05) is 5.57 Å². The second-order valence-corrected chi connectivity index (χ2v) is 3.02. The van der Waals surface area contributed by atoms with Crippen LogP contribution in [0.25, 0.3) is 0 Å². The molecule has 0 aliphatic heterocycles. The van der Waals surface area contributed by atoms with Crippen molar-refractivity contribution in [3.63, 3.8) is 0 Å². The van der Waals surface area contributed by atoms with E-state index < -0.39 is 0 Å². The van der Waals surface area contributed by atoms with E-state index >= 15 is 0 Å². The first kappa shape index (κ1) is 7.99. The molecule has 1 nitrogen and oxygen atoms in total. The van der Waals surface area contributed by atoms with Crippen LogP contribution >= 0.6 is 0 Å². The normalized spacial score (nSPS) is 17.5. The van der Waals surface area contributed by atoms with Gasteiger partial charge in [-0.25, -0.2) is 0 Å². The fraction of sp³-hybridized carbons (Fsp3) is 0.300. The van der Waals surface area contributed by atoms with Crippen molar-refractivity contribution in [3.8, 4) is 0 Å². The Kier molecular flexibility index (Phi) is 2.08. The number of rotatable bonds is 1. The van der Waals surface area contributed by atoms with Crippen LogP contribution in [0.2, 0.25) is 0 Å². The SMILES string of the molecule is C=C1C=CC(C(C)C)=CC1=O. The second-order valence-electron chi connectivity index (χ2n) is 3.02. The molecule has 0 unspecified atom stereocenters. The van der Waals surface area contributed by atoms with Crippen molar-refractivity contribution >= 4 is 5.78 Å². The molecule has 1 aliphatic rings. The summed E-state index contributed by atoms with van der Waals surface area (Å²) in [6.07, 6.45) is 5.39. The molecule has 1 rings (SSSR count). The minimum absolute atomic E-state index is 0.0381. The summed E-state index contributed by atoms with van der Waals surface area (Å²) in [6, 6.07) is 0. The number of ketones is 1. The predicted octanol–water partition coefficient (Wildman–Crippen LogP) is 2.26. The van der Waals surface area contributed by atoms with E-state index in [-0.39, 0.29) is 5.78 Å². The van der Waals surface area contributed by atoms with Crippen molar-refractivity contribution in [2.24, 2.45) is 5.92 Å². The van der Waals surface area contributed by atoms with Gasteiger partial charge in [0.05, 0.1) is 0 Å². The molecule has 0 saturated carbocycles. The molecular formula is C10H12O. The van der Waals surface area contributed by atoms with Crippen molar-refractivity contribution < 1.29 is 4.79 Å². The first-order valence-corrected chi connectivity index (χ1v) is 3.74. The minimum Gasteiger partial charge on any atom is -0.289 e.